The molecule has 1 unspecified atom stereocenters. The van der Waals surface area contributed by atoms with Gasteiger partial charge in [0.25, 0.3) is 0 Å². The van der Waals surface area contributed by atoms with Crippen molar-refractivity contribution in [2.24, 2.45) is 5.73 Å². The second-order valence-electron chi connectivity index (χ2n) is 10.3. The molecule has 0 amide bonds. The number of benzene rings is 2. The van der Waals surface area contributed by atoms with Crippen molar-refractivity contribution in [2.75, 3.05) is 33.7 Å². The predicted octanol–water partition coefficient (Wildman–Crippen LogP) is 4.94. The van der Waals surface area contributed by atoms with Crippen molar-refractivity contribution < 1.29 is 4.39 Å². The minimum atomic E-state index is -0.289. The van der Waals surface area contributed by atoms with E-state index < -0.39 is 0 Å². The summed E-state index contributed by atoms with van der Waals surface area (Å²) in [6.45, 7) is 2.69. The van der Waals surface area contributed by atoms with Crippen molar-refractivity contribution in [3.05, 3.63) is 71.7 Å². The van der Waals surface area contributed by atoms with Crippen LogP contribution in [0.25, 0.3) is 44.5 Å². The summed E-state index contributed by atoms with van der Waals surface area (Å²) < 4.78 is 14.7. The molecule has 1 aliphatic rings. The van der Waals surface area contributed by atoms with Gasteiger partial charge in [-0.3, -0.25) is 5.10 Å². The zero-order chi connectivity index (χ0) is 25.5. The number of halogens is 1. The van der Waals surface area contributed by atoms with E-state index in [0.717, 1.165) is 81.6 Å². The van der Waals surface area contributed by atoms with Crippen molar-refractivity contribution in [1.82, 2.24) is 30.4 Å². The molecule has 7 nitrogen and oxygen atoms in total. The van der Waals surface area contributed by atoms with Crippen LogP contribution in [-0.4, -0.2) is 58.8 Å². The first-order valence-electron chi connectivity index (χ1n) is 12.9. The molecule has 0 bridgehead atoms. The number of hydrogen-bond donors (Lipinski definition) is 4. The van der Waals surface area contributed by atoms with E-state index in [1.165, 1.54) is 6.07 Å². The molecule has 5 aromatic rings. The SMILES string of the molecule is CN(C)CC(N)c1cc(F)cc(-c2cccc3[nH]c(-c4n[nH]c5ccc(C6CCNCC6)nc45)cc23)c1. The number of fused-ring (bicyclic) bond motifs is 2. The number of likely N-dealkylation sites (N-methyl/N-ethyl adjacent to an activating group) is 1. The quantitative estimate of drug-likeness (QED) is 0.266. The first kappa shape index (κ1) is 23.8. The third-order valence-corrected chi connectivity index (χ3v) is 7.33. The van der Waals surface area contributed by atoms with Crippen LogP contribution in [0.3, 0.4) is 0 Å². The van der Waals surface area contributed by atoms with Gasteiger partial charge < -0.3 is 20.9 Å². The number of aromatic nitrogens is 4. The maximum atomic E-state index is 14.7. The minimum Gasteiger partial charge on any atom is -0.353 e. The number of nitrogens with two attached hydrogens (primary N) is 1. The van der Waals surface area contributed by atoms with Crippen LogP contribution in [-0.2, 0) is 0 Å². The van der Waals surface area contributed by atoms with E-state index in [2.05, 4.69) is 38.7 Å². The molecule has 6 rings (SSSR count). The lowest BCUT2D eigenvalue weighted by Gasteiger charge is -2.22. The molecule has 190 valence electrons. The van der Waals surface area contributed by atoms with Crippen LogP contribution in [0.5, 0.6) is 0 Å². The maximum absolute atomic E-state index is 14.7. The van der Waals surface area contributed by atoms with Crippen molar-refractivity contribution >= 4 is 21.9 Å². The molecule has 0 spiro atoms. The lowest BCUT2D eigenvalue weighted by Crippen LogP contribution is -2.27. The fraction of sp³-hybridized carbons (Fsp3) is 0.310. The lowest BCUT2D eigenvalue weighted by atomic mass is 9.94. The molecule has 2 aromatic carbocycles. The summed E-state index contributed by atoms with van der Waals surface area (Å²) in [6.07, 6.45) is 2.19. The topological polar surface area (TPSA) is 98.6 Å². The summed E-state index contributed by atoms with van der Waals surface area (Å²) >= 11 is 0. The third kappa shape index (κ3) is 4.64. The molecule has 1 saturated heterocycles. The summed E-state index contributed by atoms with van der Waals surface area (Å²) in [5, 5.41) is 12.2. The van der Waals surface area contributed by atoms with Gasteiger partial charge in [-0.25, -0.2) is 9.37 Å². The molecular weight excluding hydrogens is 465 g/mol. The number of hydrogen-bond acceptors (Lipinski definition) is 5. The minimum absolute atomic E-state index is 0.277. The Hall–Kier alpha value is -3.59. The van der Waals surface area contributed by atoms with Gasteiger partial charge in [0, 0.05) is 35.1 Å². The molecule has 0 radical (unpaired) electrons. The zero-order valence-corrected chi connectivity index (χ0v) is 21.2. The molecule has 1 aliphatic heterocycles. The molecule has 37 heavy (non-hydrogen) atoms. The van der Waals surface area contributed by atoms with Gasteiger partial charge >= 0.3 is 0 Å². The van der Waals surface area contributed by atoms with Crippen LogP contribution in [0.1, 0.15) is 36.1 Å². The Kier molecular flexibility index (Phi) is 6.24. The van der Waals surface area contributed by atoms with E-state index in [0.29, 0.717) is 12.5 Å². The van der Waals surface area contributed by atoms with E-state index in [4.69, 9.17) is 10.7 Å². The van der Waals surface area contributed by atoms with Gasteiger partial charge in [-0.2, -0.15) is 5.10 Å². The molecule has 1 fully saturated rings. The van der Waals surface area contributed by atoms with Crippen molar-refractivity contribution in [1.29, 1.82) is 0 Å². The largest absolute Gasteiger partial charge is 0.353 e. The van der Waals surface area contributed by atoms with Gasteiger partial charge in [-0.05, 0) is 99.2 Å². The number of pyridine rings is 1. The number of aromatic amines is 2. The standard InChI is InChI=1S/C29H32FN7/c1-37(2)16-23(31)19-12-18(13-20(30)14-19)21-4-3-5-25-22(21)15-27(33-25)29-28-26(35-36-29)7-6-24(34-28)17-8-10-32-11-9-17/h3-7,12-15,17,23,32-33H,8-11,16,31H2,1-2H3,(H,35,36). The number of nitrogens with one attached hydrogen (secondary N) is 3. The Morgan fingerprint density at radius 3 is 2.70 bits per heavy atom. The Balaban J connectivity index is 1.41. The van der Waals surface area contributed by atoms with E-state index in [-0.39, 0.29) is 11.9 Å². The average molecular weight is 498 g/mol. The fourth-order valence-corrected chi connectivity index (χ4v) is 5.46. The highest BCUT2D eigenvalue weighted by molar-refractivity contribution is 6.00. The van der Waals surface area contributed by atoms with Gasteiger partial charge in [0.1, 0.15) is 17.0 Å². The molecule has 3 aromatic heterocycles. The Bertz CT molecular complexity index is 1560. The molecule has 0 aliphatic carbocycles. The second-order valence-corrected chi connectivity index (χ2v) is 10.3. The zero-order valence-electron chi connectivity index (χ0n) is 21.2. The van der Waals surface area contributed by atoms with E-state index in [1.807, 2.05) is 43.3 Å². The highest BCUT2D eigenvalue weighted by Crippen LogP contribution is 2.35. The van der Waals surface area contributed by atoms with Crippen LogP contribution >= 0.6 is 0 Å². The van der Waals surface area contributed by atoms with Crippen molar-refractivity contribution in [3.63, 3.8) is 0 Å². The van der Waals surface area contributed by atoms with Crippen molar-refractivity contribution in [3.8, 4) is 22.5 Å². The van der Waals surface area contributed by atoms with E-state index in [9.17, 15) is 4.39 Å². The Morgan fingerprint density at radius 2 is 1.89 bits per heavy atom. The predicted molar refractivity (Wildman–Crippen MR) is 147 cm³/mol. The van der Waals surface area contributed by atoms with E-state index >= 15 is 0 Å². The second kappa shape index (κ2) is 9.70. The third-order valence-electron chi connectivity index (χ3n) is 7.33. The van der Waals surface area contributed by atoms with Crippen LogP contribution in [0.4, 0.5) is 4.39 Å². The summed E-state index contributed by atoms with van der Waals surface area (Å²) in [4.78, 5) is 10.6. The molecule has 1 atom stereocenters. The molecule has 4 heterocycles. The number of rotatable bonds is 6. The normalized spacial score (nSPS) is 15.7. The van der Waals surface area contributed by atoms with Gasteiger partial charge in [-0.1, -0.05) is 12.1 Å². The Labute approximate surface area is 215 Å². The monoisotopic (exact) mass is 497 g/mol. The van der Waals surface area contributed by atoms with E-state index in [1.54, 1.807) is 6.07 Å². The number of H-pyrrole nitrogens is 2. The van der Waals surface area contributed by atoms with Gasteiger partial charge in [0.15, 0.2) is 0 Å². The first-order chi connectivity index (χ1) is 18.0. The maximum Gasteiger partial charge on any atom is 0.135 e. The lowest BCUT2D eigenvalue weighted by molar-refractivity contribution is 0.376. The fourth-order valence-electron chi connectivity index (χ4n) is 5.46. The molecule has 8 heteroatoms. The average Bonchev–Trinajstić information content (AvgIpc) is 3.52. The summed E-state index contributed by atoms with van der Waals surface area (Å²) in [5.41, 5.74) is 14.4. The van der Waals surface area contributed by atoms with Crippen molar-refractivity contribution in [2.45, 2.75) is 24.8 Å². The van der Waals surface area contributed by atoms with Gasteiger partial charge in [-0.15, -0.1) is 0 Å². The number of piperidine rings is 1. The smallest absolute Gasteiger partial charge is 0.135 e. The van der Waals surface area contributed by atoms with Crippen LogP contribution < -0.4 is 11.1 Å². The number of nitrogens with zero attached hydrogens (tertiary/aromatic N) is 3. The molecular formula is C29H32FN7. The summed E-state index contributed by atoms with van der Waals surface area (Å²) in [7, 11) is 3.93. The Morgan fingerprint density at radius 1 is 1.05 bits per heavy atom. The van der Waals surface area contributed by atoms with Gasteiger partial charge in [0.05, 0.1) is 11.2 Å². The van der Waals surface area contributed by atoms with Crippen LogP contribution in [0, 0.1) is 5.82 Å². The molecule has 0 saturated carbocycles. The highest BCUT2D eigenvalue weighted by atomic mass is 19.1. The van der Waals surface area contributed by atoms with Crippen LogP contribution in [0.2, 0.25) is 0 Å². The summed E-state index contributed by atoms with van der Waals surface area (Å²) in [5.74, 6) is 0.172. The van der Waals surface area contributed by atoms with Crippen LogP contribution in [0.15, 0.2) is 54.6 Å². The first-order valence-corrected chi connectivity index (χ1v) is 12.9. The highest BCUT2D eigenvalue weighted by Gasteiger charge is 2.20. The summed E-state index contributed by atoms with van der Waals surface area (Å²) in [6, 6.07) is 17.1. The molecule has 5 N–H and O–H groups in total. The van der Waals surface area contributed by atoms with Gasteiger partial charge in [0.2, 0.25) is 0 Å².